The van der Waals surface area contributed by atoms with Gasteiger partial charge in [-0.15, -0.1) is 0 Å². The van der Waals surface area contributed by atoms with Crippen LogP contribution in [0.5, 0.6) is 5.75 Å². The van der Waals surface area contributed by atoms with Crippen molar-refractivity contribution in [3.63, 3.8) is 0 Å². The second kappa shape index (κ2) is 9.90. The largest absolute Gasteiger partial charge is 0.619 e. The van der Waals surface area contributed by atoms with Crippen molar-refractivity contribution >= 4 is 11.6 Å². The lowest BCUT2D eigenvalue weighted by Gasteiger charge is -2.07. The van der Waals surface area contributed by atoms with Crippen LogP contribution < -0.4 is 14.2 Å². The minimum Gasteiger partial charge on any atom is -0.619 e. The molecule has 2 aromatic heterocycles. The minimum absolute atomic E-state index is 0.627. The molecule has 126 valence electrons. The number of nitrogens with zero attached hydrogens (tertiary/aromatic N) is 2. The average molecular weight is 339 g/mol. The van der Waals surface area contributed by atoms with Crippen LogP contribution in [0.15, 0.2) is 36.9 Å². The lowest BCUT2D eigenvalue weighted by Crippen LogP contribution is -2.24. The molecule has 0 radical (unpaired) electrons. The number of pyridine rings is 2. The van der Waals surface area contributed by atoms with E-state index in [0.717, 1.165) is 39.4 Å². The molecule has 0 N–H and O–H groups in total. The van der Waals surface area contributed by atoms with Crippen molar-refractivity contribution in [2.24, 2.45) is 0 Å². The Hall–Kier alpha value is -2.01. The molecule has 0 aliphatic rings. The molecule has 0 bridgehead atoms. The van der Waals surface area contributed by atoms with E-state index in [2.05, 4.69) is 6.92 Å². The molecule has 6 heteroatoms. The first-order valence-corrected chi connectivity index (χ1v) is 7.99. The molecule has 2 aromatic rings. The second-order valence-electron chi connectivity index (χ2n) is 5.24. The highest BCUT2D eigenvalue weighted by Crippen LogP contribution is 2.14. The highest BCUT2D eigenvalue weighted by Gasteiger charge is 2.02. The smallest absolute Gasteiger partial charge is 0.186 e. The van der Waals surface area contributed by atoms with Crippen LogP contribution >= 0.6 is 11.6 Å². The summed E-state index contributed by atoms with van der Waals surface area (Å²) in [7, 11) is 0. The third kappa shape index (κ3) is 7.19. The number of aryl methyl sites for hydroxylation is 2. The summed E-state index contributed by atoms with van der Waals surface area (Å²) in [4.78, 5) is 0. The molecule has 0 aliphatic carbocycles. The molecule has 0 spiro atoms. The summed E-state index contributed by atoms with van der Waals surface area (Å²) in [6.07, 6.45) is 9.24. The Bertz CT molecular complexity index is 621. The molecule has 0 aliphatic heterocycles. The number of hydrogen-bond donors (Lipinski definition) is 0. The van der Waals surface area contributed by atoms with E-state index in [1.54, 1.807) is 19.1 Å². The Kier molecular flexibility index (Phi) is 8.19. The summed E-state index contributed by atoms with van der Waals surface area (Å²) in [5.74, 6) is 0.813. The molecular formula is C17H23ClN2O3. The van der Waals surface area contributed by atoms with Crippen molar-refractivity contribution in [1.82, 2.24) is 0 Å². The predicted molar refractivity (Wildman–Crippen MR) is 90.3 cm³/mol. The molecule has 0 saturated heterocycles. The Labute approximate surface area is 142 Å². The molecule has 0 amide bonds. The molecule has 0 atom stereocenters. The van der Waals surface area contributed by atoms with Crippen LogP contribution in [0.1, 0.15) is 37.3 Å². The molecule has 23 heavy (non-hydrogen) atoms. The Morgan fingerprint density at radius 1 is 1.00 bits per heavy atom. The molecular weight excluding hydrogens is 316 g/mol. The van der Waals surface area contributed by atoms with E-state index in [0.29, 0.717) is 5.02 Å². The Morgan fingerprint density at radius 2 is 1.61 bits per heavy atom. The number of ether oxygens (including phenoxy) is 1. The highest BCUT2D eigenvalue weighted by atomic mass is 35.5. The lowest BCUT2D eigenvalue weighted by molar-refractivity contribution is -0.605. The van der Waals surface area contributed by atoms with Gasteiger partial charge in [0.25, 0.3) is 0 Å². The zero-order valence-electron chi connectivity index (χ0n) is 13.8. The van der Waals surface area contributed by atoms with Crippen LogP contribution in [-0.4, -0.2) is 6.61 Å². The van der Waals surface area contributed by atoms with Gasteiger partial charge >= 0.3 is 0 Å². The van der Waals surface area contributed by atoms with Crippen LogP contribution in [-0.2, 0) is 0 Å². The zero-order chi connectivity index (χ0) is 17.2. The van der Waals surface area contributed by atoms with E-state index in [1.165, 1.54) is 37.6 Å². The van der Waals surface area contributed by atoms with Crippen molar-refractivity contribution in [3.8, 4) is 5.75 Å². The Morgan fingerprint density at radius 3 is 2.13 bits per heavy atom. The van der Waals surface area contributed by atoms with Gasteiger partial charge in [0.1, 0.15) is 5.75 Å². The summed E-state index contributed by atoms with van der Waals surface area (Å²) >= 11 is 5.63. The van der Waals surface area contributed by atoms with Gasteiger partial charge in [-0.05, 0) is 20.3 Å². The number of hydrogen-bond acceptors (Lipinski definition) is 3. The van der Waals surface area contributed by atoms with E-state index >= 15 is 0 Å². The molecule has 0 fully saturated rings. The van der Waals surface area contributed by atoms with Gasteiger partial charge < -0.3 is 15.2 Å². The summed E-state index contributed by atoms with van der Waals surface area (Å²) in [5, 5.41) is 22.0. The summed E-state index contributed by atoms with van der Waals surface area (Å²) in [6.45, 7) is 6.56. The normalized spacial score (nSPS) is 9.91. The van der Waals surface area contributed by atoms with Crippen LogP contribution in [0.25, 0.3) is 0 Å². The third-order valence-electron chi connectivity index (χ3n) is 3.15. The van der Waals surface area contributed by atoms with Crippen molar-refractivity contribution in [3.05, 3.63) is 63.5 Å². The second-order valence-corrected chi connectivity index (χ2v) is 5.65. The van der Waals surface area contributed by atoms with Crippen LogP contribution in [0.3, 0.4) is 0 Å². The maximum Gasteiger partial charge on any atom is 0.186 e. The monoisotopic (exact) mass is 338 g/mol. The van der Waals surface area contributed by atoms with Crippen LogP contribution in [0, 0.1) is 24.3 Å². The number of halogens is 1. The SMILES string of the molecule is CCCCCOc1cc[n+]([O-])cc1C.Cc1c[n+]([O-])ccc1Cl. The molecule has 2 rings (SSSR count). The number of unbranched alkanes of at least 4 members (excludes halogenated alkanes) is 2. The maximum absolute atomic E-state index is 10.9. The summed E-state index contributed by atoms with van der Waals surface area (Å²) in [6, 6.07) is 3.29. The van der Waals surface area contributed by atoms with Crippen LogP contribution in [0.4, 0.5) is 0 Å². The maximum atomic E-state index is 10.9. The fourth-order valence-corrected chi connectivity index (χ4v) is 1.94. The van der Waals surface area contributed by atoms with E-state index in [1.807, 2.05) is 6.92 Å². The van der Waals surface area contributed by atoms with Crippen molar-refractivity contribution in [2.75, 3.05) is 6.61 Å². The fourth-order valence-electron chi connectivity index (χ4n) is 1.83. The zero-order valence-corrected chi connectivity index (χ0v) is 14.5. The van der Waals surface area contributed by atoms with Gasteiger partial charge in [-0.2, -0.15) is 9.46 Å². The average Bonchev–Trinajstić information content (AvgIpc) is 2.50. The number of aromatic nitrogens is 2. The van der Waals surface area contributed by atoms with Gasteiger partial charge in [-0.1, -0.05) is 31.4 Å². The molecule has 5 nitrogen and oxygen atoms in total. The summed E-state index contributed by atoms with van der Waals surface area (Å²) < 4.78 is 7.05. The third-order valence-corrected chi connectivity index (χ3v) is 3.58. The van der Waals surface area contributed by atoms with Gasteiger partial charge in [0.2, 0.25) is 0 Å². The summed E-state index contributed by atoms with van der Waals surface area (Å²) in [5.41, 5.74) is 1.69. The van der Waals surface area contributed by atoms with Gasteiger partial charge in [0.15, 0.2) is 24.8 Å². The van der Waals surface area contributed by atoms with E-state index in [9.17, 15) is 10.4 Å². The first-order valence-electron chi connectivity index (χ1n) is 7.61. The van der Waals surface area contributed by atoms with Gasteiger partial charge in [-0.25, -0.2) is 0 Å². The van der Waals surface area contributed by atoms with Gasteiger partial charge in [0, 0.05) is 17.7 Å². The van der Waals surface area contributed by atoms with Gasteiger partial charge in [0.05, 0.1) is 17.2 Å². The Balaban J connectivity index is 0.000000253. The fraction of sp³-hybridized carbons (Fsp3) is 0.412. The first-order chi connectivity index (χ1) is 10.9. The van der Waals surface area contributed by atoms with Crippen molar-refractivity contribution in [2.45, 2.75) is 40.0 Å². The van der Waals surface area contributed by atoms with E-state index < -0.39 is 0 Å². The first kappa shape index (κ1) is 19.0. The lowest BCUT2D eigenvalue weighted by atomic mass is 10.2. The standard InChI is InChI=1S/C11H17NO2.C6H6ClNO/c1-3-4-5-8-14-11-6-7-12(13)9-10(11)2;1-5-4-8(9)3-2-6(5)7/h6-7,9H,3-5,8H2,1-2H3;2-4H,1H3. The molecule has 0 aromatic carbocycles. The van der Waals surface area contributed by atoms with E-state index in [4.69, 9.17) is 16.3 Å². The van der Waals surface area contributed by atoms with E-state index in [-0.39, 0.29) is 0 Å². The number of rotatable bonds is 5. The van der Waals surface area contributed by atoms with Crippen molar-refractivity contribution in [1.29, 1.82) is 0 Å². The van der Waals surface area contributed by atoms with Crippen molar-refractivity contribution < 1.29 is 14.2 Å². The van der Waals surface area contributed by atoms with Gasteiger partial charge in [-0.3, -0.25) is 0 Å². The highest BCUT2D eigenvalue weighted by molar-refractivity contribution is 6.31. The van der Waals surface area contributed by atoms with Crippen LogP contribution in [0.2, 0.25) is 5.02 Å². The topological polar surface area (TPSA) is 63.1 Å². The predicted octanol–water partition coefficient (Wildman–Crippen LogP) is 3.48. The molecule has 2 heterocycles. The molecule has 0 saturated carbocycles. The molecule has 0 unspecified atom stereocenters. The quantitative estimate of drug-likeness (QED) is 0.476. The minimum atomic E-state index is 0.627.